The van der Waals surface area contributed by atoms with Crippen molar-refractivity contribution < 1.29 is 27.5 Å². The lowest BCUT2D eigenvalue weighted by molar-refractivity contribution is -0.143. The molecule has 0 unspecified atom stereocenters. The zero-order valence-corrected chi connectivity index (χ0v) is 21.1. The third-order valence-corrected chi connectivity index (χ3v) is 7.77. The maximum Gasteiger partial charge on any atom is 0.326 e. The number of ether oxygens (including phenoxy) is 2. The first-order chi connectivity index (χ1) is 16.3. The zero-order valence-electron chi connectivity index (χ0n) is 19.4. The maximum atomic E-state index is 12.7. The van der Waals surface area contributed by atoms with Gasteiger partial charge < -0.3 is 14.0 Å². The summed E-state index contributed by atoms with van der Waals surface area (Å²) >= 11 is 1.24. The number of aromatic nitrogens is 1. The van der Waals surface area contributed by atoms with Crippen LogP contribution in [-0.2, 0) is 37.1 Å². The second-order valence-corrected chi connectivity index (χ2v) is 10.6. The van der Waals surface area contributed by atoms with Gasteiger partial charge in [0.15, 0.2) is 14.6 Å². The third-order valence-electron chi connectivity index (χ3n) is 5.11. The van der Waals surface area contributed by atoms with E-state index in [1.807, 2.05) is 18.2 Å². The summed E-state index contributed by atoms with van der Waals surface area (Å²) in [6, 6.07) is 11.7. The molecule has 0 aliphatic rings. The van der Waals surface area contributed by atoms with E-state index in [2.05, 4.69) is 11.9 Å². The molecule has 34 heavy (non-hydrogen) atoms. The molecule has 0 spiro atoms. The summed E-state index contributed by atoms with van der Waals surface area (Å²) in [5.74, 6) is -1.55. The second kappa shape index (κ2) is 11.4. The monoisotopic (exact) mass is 504 g/mol. The molecule has 2 aromatic carbocycles. The number of amides is 1. The molecule has 1 amide bonds. The molecule has 182 valence electrons. The van der Waals surface area contributed by atoms with Crippen molar-refractivity contribution in [2.75, 3.05) is 19.5 Å². The first-order valence-corrected chi connectivity index (χ1v) is 13.5. The van der Waals surface area contributed by atoms with Crippen LogP contribution in [0, 0.1) is 0 Å². The van der Waals surface area contributed by atoms with Gasteiger partial charge in [0, 0.05) is 0 Å². The zero-order chi connectivity index (χ0) is 24.7. The molecular weight excluding hydrogens is 476 g/mol. The first kappa shape index (κ1) is 25.6. The number of benzene rings is 2. The molecule has 1 aromatic heterocycles. The van der Waals surface area contributed by atoms with E-state index in [9.17, 15) is 18.0 Å². The summed E-state index contributed by atoms with van der Waals surface area (Å²) in [6.07, 6.45) is 3.05. The van der Waals surface area contributed by atoms with Crippen LogP contribution in [0.2, 0.25) is 0 Å². The van der Waals surface area contributed by atoms with Gasteiger partial charge in [-0.2, -0.15) is 4.99 Å². The van der Waals surface area contributed by atoms with Gasteiger partial charge in [-0.05, 0) is 61.7 Å². The van der Waals surface area contributed by atoms with Crippen LogP contribution in [0.25, 0.3) is 10.2 Å². The molecule has 0 fully saturated rings. The number of nitrogens with zero attached hydrogens (tertiary/aromatic N) is 2. The van der Waals surface area contributed by atoms with E-state index in [0.717, 1.165) is 35.0 Å². The van der Waals surface area contributed by atoms with E-state index < -0.39 is 27.5 Å². The standard InChI is InChI=1S/C24H28N2O6S2/c1-4-6-7-17-8-13-20-21(14-17)33-24(26(20)15-23(28)32-5-2)25-22(27)16-34(29,30)19-11-9-18(31-3)10-12-19/h8-14H,4-7,15-16H2,1-3H3. The normalized spacial score (nSPS) is 12.1. The number of sulfone groups is 1. The van der Waals surface area contributed by atoms with Crippen molar-refractivity contribution in [2.45, 2.75) is 44.6 Å². The van der Waals surface area contributed by atoms with Gasteiger partial charge in [0.05, 0.1) is 28.8 Å². The number of hydrogen-bond acceptors (Lipinski definition) is 7. The molecule has 10 heteroatoms. The smallest absolute Gasteiger partial charge is 0.326 e. The molecule has 0 aliphatic carbocycles. The highest BCUT2D eigenvalue weighted by molar-refractivity contribution is 7.92. The minimum absolute atomic E-state index is 0.00755. The Bertz CT molecular complexity index is 1340. The highest BCUT2D eigenvalue weighted by Crippen LogP contribution is 2.21. The molecule has 0 atom stereocenters. The Morgan fingerprint density at radius 2 is 1.82 bits per heavy atom. The van der Waals surface area contributed by atoms with Gasteiger partial charge >= 0.3 is 5.97 Å². The van der Waals surface area contributed by atoms with E-state index in [0.29, 0.717) is 5.75 Å². The number of fused-ring (bicyclic) bond motifs is 1. The largest absolute Gasteiger partial charge is 0.497 e. The molecule has 8 nitrogen and oxygen atoms in total. The molecule has 0 saturated heterocycles. The van der Waals surface area contributed by atoms with Crippen molar-refractivity contribution in [2.24, 2.45) is 4.99 Å². The van der Waals surface area contributed by atoms with Crippen LogP contribution in [-0.4, -0.2) is 44.3 Å². The minimum atomic E-state index is -3.89. The molecule has 0 radical (unpaired) electrons. The average Bonchev–Trinajstić information content (AvgIpc) is 3.13. The lowest BCUT2D eigenvalue weighted by Gasteiger charge is -2.06. The summed E-state index contributed by atoms with van der Waals surface area (Å²) in [7, 11) is -2.41. The molecule has 3 aromatic rings. The predicted octanol–water partition coefficient (Wildman–Crippen LogP) is 3.52. The number of rotatable bonds is 10. The molecule has 1 heterocycles. The minimum Gasteiger partial charge on any atom is -0.497 e. The van der Waals surface area contributed by atoms with E-state index >= 15 is 0 Å². The van der Waals surface area contributed by atoms with Gasteiger partial charge in [-0.15, -0.1) is 0 Å². The number of thiazole rings is 1. The van der Waals surface area contributed by atoms with Crippen LogP contribution in [0.1, 0.15) is 32.3 Å². The summed E-state index contributed by atoms with van der Waals surface area (Å²) in [5, 5.41) is 0. The van der Waals surface area contributed by atoms with Crippen molar-refractivity contribution in [1.29, 1.82) is 0 Å². The Kier molecular flexibility index (Phi) is 8.62. The van der Waals surface area contributed by atoms with Gasteiger partial charge in [0.2, 0.25) is 0 Å². The number of esters is 1. The Labute approximate surface area is 202 Å². The number of methoxy groups -OCH3 is 1. The number of carbonyl (C=O) groups excluding carboxylic acids is 2. The summed E-state index contributed by atoms with van der Waals surface area (Å²) in [5.41, 5.74) is 1.89. The highest BCUT2D eigenvalue weighted by atomic mass is 32.2. The van der Waals surface area contributed by atoms with Gasteiger partial charge in [0.25, 0.3) is 5.91 Å². The number of carbonyl (C=O) groups is 2. The Balaban J connectivity index is 1.96. The Morgan fingerprint density at radius 3 is 2.47 bits per heavy atom. The van der Waals surface area contributed by atoms with Crippen molar-refractivity contribution >= 4 is 43.3 Å². The van der Waals surface area contributed by atoms with E-state index in [-0.39, 0.29) is 22.8 Å². The van der Waals surface area contributed by atoms with Crippen molar-refractivity contribution in [3.05, 3.63) is 52.8 Å². The second-order valence-electron chi connectivity index (χ2n) is 7.62. The quantitative estimate of drug-likeness (QED) is 0.391. The van der Waals surface area contributed by atoms with Crippen molar-refractivity contribution in [3.8, 4) is 5.75 Å². The van der Waals surface area contributed by atoms with Gasteiger partial charge in [-0.3, -0.25) is 9.59 Å². The molecule has 0 N–H and O–H groups in total. The third kappa shape index (κ3) is 6.32. The Hall–Kier alpha value is -2.98. The average molecular weight is 505 g/mol. The number of unbranched alkanes of at least 4 members (excludes halogenated alkanes) is 1. The first-order valence-electron chi connectivity index (χ1n) is 11.0. The molecule has 0 bridgehead atoms. The summed E-state index contributed by atoms with van der Waals surface area (Å²) in [4.78, 5) is 29.2. The maximum absolute atomic E-state index is 12.7. The predicted molar refractivity (Wildman–Crippen MR) is 131 cm³/mol. The number of aryl methyl sites for hydroxylation is 1. The van der Waals surface area contributed by atoms with Crippen LogP contribution >= 0.6 is 11.3 Å². The van der Waals surface area contributed by atoms with E-state index in [1.54, 1.807) is 11.5 Å². The van der Waals surface area contributed by atoms with Crippen LogP contribution < -0.4 is 9.54 Å². The summed E-state index contributed by atoms with van der Waals surface area (Å²) < 4.78 is 38.0. The fourth-order valence-corrected chi connectivity index (χ4v) is 5.61. The summed E-state index contributed by atoms with van der Waals surface area (Å²) in [6.45, 7) is 3.94. The molecule has 3 rings (SSSR count). The number of hydrogen-bond donors (Lipinski definition) is 0. The van der Waals surface area contributed by atoms with E-state index in [4.69, 9.17) is 9.47 Å². The molecule has 0 aliphatic heterocycles. The van der Waals surface area contributed by atoms with Gasteiger partial charge in [-0.25, -0.2) is 8.42 Å². The van der Waals surface area contributed by atoms with Gasteiger partial charge in [0.1, 0.15) is 18.0 Å². The van der Waals surface area contributed by atoms with E-state index in [1.165, 1.54) is 42.7 Å². The van der Waals surface area contributed by atoms with Crippen LogP contribution in [0.4, 0.5) is 0 Å². The topological polar surface area (TPSA) is 104 Å². The lowest BCUT2D eigenvalue weighted by atomic mass is 10.1. The van der Waals surface area contributed by atoms with Crippen LogP contribution in [0.3, 0.4) is 0 Å². The van der Waals surface area contributed by atoms with Crippen molar-refractivity contribution in [1.82, 2.24) is 4.57 Å². The lowest BCUT2D eigenvalue weighted by Crippen LogP contribution is -2.24. The SMILES string of the molecule is CCCCc1ccc2c(c1)sc(=NC(=O)CS(=O)(=O)c1ccc(OC)cc1)n2CC(=O)OCC. The highest BCUT2D eigenvalue weighted by Gasteiger charge is 2.20. The molecular formula is C24H28N2O6S2. The Morgan fingerprint density at radius 1 is 1.09 bits per heavy atom. The van der Waals surface area contributed by atoms with Crippen LogP contribution in [0.15, 0.2) is 52.4 Å². The van der Waals surface area contributed by atoms with Crippen molar-refractivity contribution in [3.63, 3.8) is 0 Å². The van der Waals surface area contributed by atoms with Gasteiger partial charge in [-0.1, -0.05) is 30.7 Å². The molecule has 0 saturated carbocycles. The van der Waals surface area contributed by atoms with Crippen LogP contribution in [0.5, 0.6) is 5.75 Å². The fourth-order valence-electron chi connectivity index (χ4n) is 3.40. The fraction of sp³-hybridized carbons (Fsp3) is 0.375.